The van der Waals surface area contributed by atoms with Gasteiger partial charge >= 0.3 is 0 Å². The molecular weight excluding hydrogens is 142 g/mol. The van der Waals surface area contributed by atoms with Crippen molar-refractivity contribution in [1.82, 2.24) is 0 Å². The van der Waals surface area contributed by atoms with E-state index in [9.17, 15) is 0 Å². The van der Waals surface area contributed by atoms with E-state index >= 15 is 0 Å². The summed E-state index contributed by atoms with van der Waals surface area (Å²) in [7, 11) is 0. The molecule has 0 fully saturated rings. The molecule has 2 N–H and O–H groups in total. The van der Waals surface area contributed by atoms with Crippen molar-refractivity contribution >= 4 is 11.8 Å². The van der Waals surface area contributed by atoms with E-state index in [1.54, 1.807) is 0 Å². The lowest BCUT2D eigenvalue weighted by Gasteiger charge is -2.19. The van der Waals surface area contributed by atoms with E-state index in [0.717, 1.165) is 5.75 Å². The van der Waals surface area contributed by atoms with E-state index in [0.29, 0.717) is 6.04 Å². The quantitative estimate of drug-likeness (QED) is 0.618. The molecule has 0 aromatic rings. The van der Waals surface area contributed by atoms with Crippen LogP contribution in [-0.4, -0.2) is 18.1 Å². The third-order valence-electron chi connectivity index (χ3n) is 1.91. The Labute approximate surface area is 67.1 Å². The van der Waals surface area contributed by atoms with Crippen LogP contribution >= 0.6 is 11.8 Å². The second-order valence-corrected chi connectivity index (χ2v) is 3.62. The molecule has 1 unspecified atom stereocenters. The lowest BCUT2D eigenvalue weighted by Crippen LogP contribution is -2.25. The fourth-order valence-corrected chi connectivity index (χ4v) is 1.96. The van der Waals surface area contributed by atoms with E-state index in [1.165, 1.54) is 24.8 Å². The smallest absolute Gasteiger partial charge is 0.0261 e. The van der Waals surface area contributed by atoms with Gasteiger partial charge in [0.2, 0.25) is 0 Å². The molecule has 1 aliphatic rings. The van der Waals surface area contributed by atoms with Crippen LogP contribution < -0.4 is 5.73 Å². The third-order valence-corrected chi connectivity index (χ3v) is 2.54. The van der Waals surface area contributed by atoms with E-state index in [1.807, 2.05) is 11.8 Å². The van der Waals surface area contributed by atoms with Crippen LogP contribution in [0, 0.1) is 0 Å². The molecule has 0 spiro atoms. The minimum absolute atomic E-state index is 0.362. The van der Waals surface area contributed by atoms with Crippen molar-refractivity contribution in [2.24, 2.45) is 5.73 Å². The summed E-state index contributed by atoms with van der Waals surface area (Å²) < 4.78 is 0. The molecule has 1 nitrogen and oxygen atoms in total. The van der Waals surface area contributed by atoms with Crippen LogP contribution in [-0.2, 0) is 0 Å². The molecule has 0 aromatic heterocycles. The lowest BCUT2D eigenvalue weighted by molar-refractivity contribution is 0.617. The minimum Gasteiger partial charge on any atom is -0.324 e. The molecule has 2 heteroatoms. The maximum Gasteiger partial charge on any atom is 0.0261 e. The van der Waals surface area contributed by atoms with Gasteiger partial charge in [-0.2, -0.15) is 11.8 Å². The zero-order valence-corrected chi connectivity index (χ0v) is 7.29. The first kappa shape index (κ1) is 8.15. The summed E-state index contributed by atoms with van der Waals surface area (Å²) in [6.07, 6.45) is 8.14. The average molecular weight is 157 g/mol. The average Bonchev–Trinajstić information content (AvgIpc) is 1.94. The number of thioether (sulfide) groups is 1. The van der Waals surface area contributed by atoms with Gasteiger partial charge in [0.05, 0.1) is 0 Å². The van der Waals surface area contributed by atoms with Gasteiger partial charge in [-0.05, 0) is 31.1 Å². The summed E-state index contributed by atoms with van der Waals surface area (Å²) in [6, 6.07) is 0.362. The molecule has 1 aliphatic carbocycles. The molecule has 0 saturated heterocycles. The highest BCUT2D eigenvalue weighted by Gasteiger charge is 2.11. The molecule has 0 aliphatic heterocycles. The molecular formula is C8H15NS. The van der Waals surface area contributed by atoms with Crippen LogP contribution in [0.25, 0.3) is 0 Å². The predicted molar refractivity (Wildman–Crippen MR) is 48.3 cm³/mol. The Hall–Kier alpha value is 0.0500. The molecule has 1 atom stereocenters. The van der Waals surface area contributed by atoms with Gasteiger partial charge in [-0.15, -0.1) is 0 Å². The highest BCUT2D eigenvalue weighted by atomic mass is 32.2. The van der Waals surface area contributed by atoms with Crippen molar-refractivity contribution in [2.75, 3.05) is 12.0 Å². The van der Waals surface area contributed by atoms with Crippen molar-refractivity contribution in [1.29, 1.82) is 0 Å². The SMILES string of the molecule is CSCC1=CCCCC1N. The Kier molecular flexibility index (Phi) is 3.29. The molecule has 0 saturated carbocycles. The zero-order valence-electron chi connectivity index (χ0n) is 6.47. The van der Waals surface area contributed by atoms with Crippen LogP contribution in [0.15, 0.2) is 11.6 Å². The van der Waals surface area contributed by atoms with Crippen LogP contribution in [0.2, 0.25) is 0 Å². The Morgan fingerprint density at radius 1 is 1.80 bits per heavy atom. The Morgan fingerprint density at radius 2 is 2.60 bits per heavy atom. The van der Waals surface area contributed by atoms with E-state index in [-0.39, 0.29) is 0 Å². The number of hydrogen-bond acceptors (Lipinski definition) is 2. The molecule has 0 heterocycles. The Bertz CT molecular complexity index is 131. The molecule has 0 amide bonds. The van der Waals surface area contributed by atoms with Crippen LogP contribution in [0.3, 0.4) is 0 Å². The van der Waals surface area contributed by atoms with Gasteiger partial charge < -0.3 is 5.73 Å². The zero-order chi connectivity index (χ0) is 7.40. The first-order valence-electron chi connectivity index (χ1n) is 3.78. The topological polar surface area (TPSA) is 26.0 Å². The van der Waals surface area contributed by atoms with Gasteiger partial charge in [0.15, 0.2) is 0 Å². The highest BCUT2D eigenvalue weighted by Crippen LogP contribution is 2.18. The fraction of sp³-hybridized carbons (Fsp3) is 0.750. The number of hydrogen-bond donors (Lipinski definition) is 1. The van der Waals surface area contributed by atoms with Crippen LogP contribution in [0.1, 0.15) is 19.3 Å². The standard InChI is InChI=1S/C8H15NS/c1-10-6-7-4-2-3-5-8(7)9/h4,8H,2-3,5-6,9H2,1H3. The van der Waals surface area contributed by atoms with Crippen LogP contribution in [0.5, 0.6) is 0 Å². The lowest BCUT2D eigenvalue weighted by atomic mass is 9.96. The number of allylic oxidation sites excluding steroid dienone is 1. The molecule has 58 valence electrons. The molecule has 0 radical (unpaired) electrons. The molecule has 10 heavy (non-hydrogen) atoms. The summed E-state index contributed by atoms with van der Waals surface area (Å²) >= 11 is 1.86. The van der Waals surface area contributed by atoms with Gasteiger partial charge in [-0.3, -0.25) is 0 Å². The van der Waals surface area contributed by atoms with Crippen molar-refractivity contribution in [2.45, 2.75) is 25.3 Å². The number of nitrogens with two attached hydrogens (primary N) is 1. The summed E-state index contributed by atoms with van der Waals surface area (Å²) in [4.78, 5) is 0. The fourth-order valence-electron chi connectivity index (χ4n) is 1.29. The minimum atomic E-state index is 0.362. The monoisotopic (exact) mass is 157 g/mol. The summed E-state index contributed by atoms with van der Waals surface area (Å²) in [5.74, 6) is 1.13. The van der Waals surface area contributed by atoms with E-state index < -0.39 is 0 Å². The normalized spacial score (nSPS) is 26.2. The van der Waals surface area contributed by atoms with Crippen molar-refractivity contribution in [3.05, 3.63) is 11.6 Å². The van der Waals surface area contributed by atoms with Crippen molar-refractivity contribution in [3.8, 4) is 0 Å². The first-order chi connectivity index (χ1) is 4.84. The third kappa shape index (κ3) is 2.03. The van der Waals surface area contributed by atoms with Gasteiger partial charge in [-0.25, -0.2) is 0 Å². The Balaban J connectivity index is 2.44. The van der Waals surface area contributed by atoms with Gasteiger partial charge in [0.1, 0.15) is 0 Å². The predicted octanol–water partition coefficient (Wildman–Crippen LogP) is 1.79. The maximum atomic E-state index is 5.88. The first-order valence-corrected chi connectivity index (χ1v) is 5.17. The second-order valence-electron chi connectivity index (χ2n) is 2.75. The molecule has 0 bridgehead atoms. The largest absolute Gasteiger partial charge is 0.324 e. The van der Waals surface area contributed by atoms with Gasteiger partial charge in [-0.1, -0.05) is 6.08 Å². The number of rotatable bonds is 2. The summed E-state index contributed by atoms with van der Waals surface area (Å²) in [5, 5.41) is 0. The summed E-state index contributed by atoms with van der Waals surface area (Å²) in [6.45, 7) is 0. The maximum absolute atomic E-state index is 5.88. The molecule has 0 aromatic carbocycles. The van der Waals surface area contributed by atoms with E-state index in [2.05, 4.69) is 12.3 Å². The molecule has 1 rings (SSSR count). The van der Waals surface area contributed by atoms with Crippen molar-refractivity contribution in [3.63, 3.8) is 0 Å². The summed E-state index contributed by atoms with van der Waals surface area (Å²) in [5.41, 5.74) is 7.34. The van der Waals surface area contributed by atoms with Crippen molar-refractivity contribution < 1.29 is 0 Å². The second kappa shape index (κ2) is 4.04. The van der Waals surface area contributed by atoms with Crippen LogP contribution in [0.4, 0.5) is 0 Å². The van der Waals surface area contributed by atoms with Gasteiger partial charge in [0, 0.05) is 11.8 Å². The Morgan fingerprint density at radius 3 is 3.20 bits per heavy atom. The van der Waals surface area contributed by atoms with E-state index in [4.69, 9.17) is 5.73 Å². The van der Waals surface area contributed by atoms with Gasteiger partial charge in [0.25, 0.3) is 0 Å². The highest BCUT2D eigenvalue weighted by molar-refractivity contribution is 7.98.